The Hall–Kier alpha value is -0.820. The van der Waals surface area contributed by atoms with Crippen LogP contribution in [0.4, 0.5) is 0 Å². The van der Waals surface area contributed by atoms with Crippen molar-refractivity contribution < 1.29 is 0 Å². The normalized spacial score (nSPS) is 33.5. The van der Waals surface area contributed by atoms with Crippen LogP contribution < -0.4 is 5.32 Å². The van der Waals surface area contributed by atoms with Gasteiger partial charge in [-0.25, -0.2) is 0 Å². The van der Waals surface area contributed by atoms with Gasteiger partial charge in [-0.2, -0.15) is 0 Å². The summed E-state index contributed by atoms with van der Waals surface area (Å²) in [4.78, 5) is 0. The first-order chi connectivity index (χ1) is 7.36. The van der Waals surface area contributed by atoms with Crippen molar-refractivity contribution >= 4 is 0 Å². The van der Waals surface area contributed by atoms with Gasteiger partial charge < -0.3 is 5.32 Å². The Morgan fingerprint density at radius 2 is 2.27 bits per heavy atom. The van der Waals surface area contributed by atoms with Gasteiger partial charge in [0.1, 0.15) is 0 Å². The topological polar surface area (TPSA) is 12.0 Å². The molecule has 80 valence electrons. The van der Waals surface area contributed by atoms with Crippen molar-refractivity contribution in [1.82, 2.24) is 5.32 Å². The predicted molar refractivity (Wildman–Crippen MR) is 62.8 cm³/mol. The van der Waals surface area contributed by atoms with Gasteiger partial charge >= 0.3 is 0 Å². The maximum Gasteiger partial charge on any atom is 0.0383 e. The lowest BCUT2D eigenvalue weighted by Gasteiger charge is -2.40. The zero-order chi connectivity index (χ0) is 10.3. The van der Waals surface area contributed by atoms with Crippen LogP contribution in [0.5, 0.6) is 0 Å². The number of rotatable bonds is 1. The molecule has 1 N–H and O–H groups in total. The summed E-state index contributed by atoms with van der Waals surface area (Å²) in [5.41, 5.74) is 3.68. The molecule has 0 unspecified atom stereocenters. The standard InChI is InChI=1S/C14H19N/c1-2-14-8-5-9-15-13(14)12-7-4-3-6-11(12)10-14/h3-4,6-7,13,15H,2,5,8-10H2,1H3/t13-,14+/m0/s1. The van der Waals surface area contributed by atoms with Crippen LogP contribution in [-0.2, 0) is 6.42 Å². The summed E-state index contributed by atoms with van der Waals surface area (Å²) in [5, 5.41) is 3.73. The van der Waals surface area contributed by atoms with Crippen molar-refractivity contribution in [3.63, 3.8) is 0 Å². The zero-order valence-corrected chi connectivity index (χ0v) is 9.42. The van der Waals surface area contributed by atoms with Gasteiger partial charge in [-0.05, 0) is 48.8 Å². The highest BCUT2D eigenvalue weighted by molar-refractivity contribution is 5.38. The molecule has 1 heterocycles. The van der Waals surface area contributed by atoms with E-state index in [0.29, 0.717) is 11.5 Å². The summed E-state index contributed by atoms with van der Waals surface area (Å²) >= 11 is 0. The molecule has 1 saturated heterocycles. The fourth-order valence-electron chi connectivity index (χ4n) is 3.54. The molecule has 1 heteroatoms. The molecule has 0 spiro atoms. The summed E-state index contributed by atoms with van der Waals surface area (Å²) in [7, 11) is 0. The first kappa shape index (κ1) is 9.41. The zero-order valence-electron chi connectivity index (χ0n) is 9.42. The van der Waals surface area contributed by atoms with E-state index in [1.165, 1.54) is 32.2 Å². The fourth-order valence-corrected chi connectivity index (χ4v) is 3.54. The van der Waals surface area contributed by atoms with Crippen molar-refractivity contribution in [1.29, 1.82) is 0 Å². The van der Waals surface area contributed by atoms with Gasteiger partial charge in [-0.15, -0.1) is 0 Å². The summed E-state index contributed by atoms with van der Waals surface area (Å²) in [6, 6.07) is 9.62. The lowest BCUT2D eigenvalue weighted by atomic mass is 9.72. The van der Waals surface area contributed by atoms with Crippen LogP contribution in [0.25, 0.3) is 0 Å². The van der Waals surface area contributed by atoms with Gasteiger partial charge in [0.25, 0.3) is 0 Å². The van der Waals surface area contributed by atoms with Gasteiger partial charge in [0.05, 0.1) is 0 Å². The molecule has 1 aliphatic heterocycles. The number of fused-ring (bicyclic) bond motifs is 3. The van der Waals surface area contributed by atoms with Gasteiger partial charge in [-0.3, -0.25) is 0 Å². The number of nitrogens with one attached hydrogen (secondary N) is 1. The molecular formula is C14H19N. The number of hydrogen-bond acceptors (Lipinski definition) is 1. The highest BCUT2D eigenvalue weighted by Gasteiger charge is 2.45. The smallest absolute Gasteiger partial charge is 0.0383 e. The Balaban J connectivity index is 2.06. The Morgan fingerprint density at radius 3 is 3.13 bits per heavy atom. The summed E-state index contributed by atoms with van der Waals surface area (Å²) < 4.78 is 0. The molecule has 1 aromatic carbocycles. The van der Waals surface area contributed by atoms with Crippen LogP contribution in [0.3, 0.4) is 0 Å². The molecule has 0 saturated carbocycles. The second kappa shape index (κ2) is 3.34. The SMILES string of the molecule is CC[C@]12CCCN[C@H]1c1ccccc1C2. The van der Waals surface area contributed by atoms with Crippen molar-refractivity contribution in [3.8, 4) is 0 Å². The van der Waals surface area contributed by atoms with E-state index in [1.807, 2.05) is 0 Å². The highest BCUT2D eigenvalue weighted by atomic mass is 15.0. The van der Waals surface area contributed by atoms with Crippen molar-refractivity contribution in [2.45, 2.75) is 38.6 Å². The molecule has 1 nitrogen and oxygen atoms in total. The van der Waals surface area contributed by atoms with E-state index < -0.39 is 0 Å². The van der Waals surface area contributed by atoms with E-state index in [4.69, 9.17) is 0 Å². The molecule has 1 aliphatic carbocycles. The summed E-state index contributed by atoms with van der Waals surface area (Å²) in [6.07, 6.45) is 5.34. The van der Waals surface area contributed by atoms with Crippen molar-refractivity contribution in [2.75, 3.05) is 6.54 Å². The van der Waals surface area contributed by atoms with Crippen molar-refractivity contribution in [3.05, 3.63) is 35.4 Å². The molecule has 0 radical (unpaired) electrons. The first-order valence-corrected chi connectivity index (χ1v) is 6.17. The molecule has 2 atom stereocenters. The van der Waals surface area contributed by atoms with E-state index in [2.05, 4.69) is 36.5 Å². The van der Waals surface area contributed by atoms with Crippen LogP contribution in [0.1, 0.15) is 43.4 Å². The molecule has 0 aromatic heterocycles. The quantitative estimate of drug-likeness (QED) is 0.736. The molecule has 3 rings (SSSR count). The third kappa shape index (κ3) is 1.26. The Morgan fingerprint density at radius 1 is 1.40 bits per heavy atom. The third-order valence-corrected chi connectivity index (χ3v) is 4.43. The minimum Gasteiger partial charge on any atom is -0.309 e. The lowest BCUT2D eigenvalue weighted by molar-refractivity contribution is 0.146. The van der Waals surface area contributed by atoms with Gasteiger partial charge in [0.15, 0.2) is 0 Å². The van der Waals surface area contributed by atoms with Gasteiger partial charge in [-0.1, -0.05) is 31.2 Å². The molecule has 2 aliphatic rings. The molecular weight excluding hydrogens is 182 g/mol. The summed E-state index contributed by atoms with van der Waals surface area (Å²) in [5.74, 6) is 0. The average Bonchev–Trinajstić information content (AvgIpc) is 2.64. The van der Waals surface area contributed by atoms with E-state index in [1.54, 1.807) is 11.1 Å². The average molecular weight is 201 g/mol. The van der Waals surface area contributed by atoms with Gasteiger partial charge in [0.2, 0.25) is 0 Å². The van der Waals surface area contributed by atoms with Gasteiger partial charge in [0, 0.05) is 6.04 Å². The number of hydrogen-bond donors (Lipinski definition) is 1. The monoisotopic (exact) mass is 201 g/mol. The third-order valence-electron chi connectivity index (χ3n) is 4.43. The van der Waals surface area contributed by atoms with Crippen LogP contribution in [0.15, 0.2) is 24.3 Å². The summed E-state index contributed by atoms with van der Waals surface area (Å²) in [6.45, 7) is 3.55. The molecule has 0 bridgehead atoms. The molecule has 1 fully saturated rings. The molecule has 1 aromatic rings. The van der Waals surface area contributed by atoms with E-state index in [9.17, 15) is 0 Å². The number of benzene rings is 1. The lowest BCUT2D eigenvalue weighted by Crippen LogP contribution is -2.40. The largest absolute Gasteiger partial charge is 0.309 e. The highest BCUT2D eigenvalue weighted by Crippen LogP contribution is 2.52. The van der Waals surface area contributed by atoms with Crippen LogP contribution >= 0.6 is 0 Å². The maximum absolute atomic E-state index is 3.73. The van der Waals surface area contributed by atoms with Crippen LogP contribution in [0.2, 0.25) is 0 Å². The Kier molecular flexibility index (Phi) is 2.10. The van der Waals surface area contributed by atoms with Crippen LogP contribution in [0, 0.1) is 5.41 Å². The number of piperidine rings is 1. The van der Waals surface area contributed by atoms with E-state index in [-0.39, 0.29) is 0 Å². The fraction of sp³-hybridized carbons (Fsp3) is 0.571. The van der Waals surface area contributed by atoms with Crippen molar-refractivity contribution in [2.24, 2.45) is 5.41 Å². The first-order valence-electron chi connectivity index (χ1n) is 6.17. The minimum absolute atomic E-state index is 0.530. The maximum atomic E-state index is 3.73. The minimum atomic E-state index is 0.530. The predicted octanol–water partition coefficient (Wildman–Crippen LogP) is 3.06. The van der Waals surface area contributed by atoms with Crippen LogP contribution in [-0.4, -0.2) is 6.54 Å². The van der Waals surface area contributed by atoms with E-state index >= 15 is 0 Å². The molecule has 0 amide bonds. The molecule has 15 heavy (non-hydrogen) atoms. The Labute approximate surface area is 91.9 Å². The van der Waals surface area contributed by atoms with E-state index in [0.717, 1.165) is 0 Å². The second-order valence-electron chi connectivity index (χ2n) is 5.08. The Bertz CT molecular complexity index is 371. The second-order valence-corrected chi connectivity index (χ2v) is 5.08.